The van der Waals surface area contributed by atoms with Gasteiger partial charge in [-0.2, -0.15) is 0 Å². The molecule has 1 unspecified atom stereocenters. The van der Waals surface area contributed by atoms with Gasteiger partial charge >= 0.3 is 0 Å². The molecule has 1 fully saturated rings. The van der Waals surface area contributed by atoms with Crippen molar-refractivity contribution in [2.45, 2.75) is 19.4 Å². The van der Waals surface area contributed by atoms with Gasteiger partial charge in [-0.15, -0.1) is 0 Å². The maximum Gasteiger partial charge on any atom is 0.295 e. The standard InChI is InChI=1S/C20H20ClNO5/c1-12-4-9-15(27-12)17-16(18(23)13-5-7-14(21)8-6-13)19(24)20(25)22(17)10-3-11-26-2/h4-9,17,23H,3,10-11H2,1-2H3/b18-16-. The van der Waals surface area contributed by atoms with Crippen LogP contribution in [0, 0.1) is 6.92 Å². The lowest BCUT2D eigenvalue weighted by molar-refractivity contribution is -0.140. The smallest absolute Gasteiger partial charge is 0.295 e. The number of benzene rings is 1. The third-order valence-corrected chi connectivity index (χ3v) is 4.69. The number of hydrogen-bond donors (Lipinski definition) is 1. The fourth-order valence-corrected chi connectivity index (χ4v) is 3.28. The number of carbonyl (C=O) groups excluding carboxylic acids is 2. The zero-order chi connectivity index (χ0) is 19.6. The lowest BCUT2D eigenvalue weighted by Gasteiger charge is -2.23. The topological polar surface area (TPSA) is 80.0 Å². The monoisotopic (exact) mass is 389 g/mol. The first-order valence-electron chi connectivity index (χ1n) is 8.53. The van der Waals surface area contributed by atoms with Crippen molar-refractivity contribution in [1.82, 2.24) is 4.90 Å². The van der Waals surface area contributed by atoms with E-state index < -0.39 is 17.7 Å². The van der Waals surface area contributed by atoms with E-state index in [0.29, 0.717) is 41.7 Å². The molecule has 1 N–H and O–H groups in total. The molecular weight excluding hydrogens is 370 g/mol. The lowest BCUT2D eigenvalue weighted by atomic mass is 9.99. The molecule has 1 amide bonds. The molecule has 7 heteroatoms. The van der Waals surface area contributed by atoms with Crippen LogP contribution in [-0.2, 0) is 14.3 Å². The van der Waals surface area contributed by atoms with Crippen LogP contribution >= 0.6 is 11.6 Å². The molecule has 6 nitrogen and oxygen atoms in total. The Balaban J connectivity index is 2.09. The van der Waals surface area contributed by atoms with Crippen LogP contribution in [0.1, 0.15) is 29.5 Å². The summed E-state index contributed by atoms with van der Waals surface area (Å²) in [7, 11) is 1.57. The van der Waals surface area contributed by atoms with Crippen molar-refractivity contribution in [3.63, 3.8) is 0 Å². The molecule has 3 rings (SSSR count). The molecule has 0 radical (unpaired) electrons. The number of ketones is 1. The number of hydrogen-bond acceptors (Lipinski definition) is 5. The number of aryl methyl sites for hydroxylation is 1. The highest BCUT2D eigenvalue weighted by atomic mass is 35.5. The molecule has 0 bridgehead atoms. The van der Waals surface area contributed by atoms with Gasteiger partial charge in [-0.05, 0) is 49.7 Å². The third-order valence-electron chi connectivity index (χ3n) is 4.44. The zero-order valence-corrected chi connectivity index (χ0v) is 15.8. The summed E-state index contributed by atoms with van der Waals surface area (Å²) in [6.45, 7) is 2.53. The van der Waals surface area contributed by atoms with E-state index in [1.807, 2.05) is 0 Å². The summed E-state index contributed by atoms with van der Waals surface area (Å²) in [5, 5.41) is 11.3. The first-order chi connectivity index (χ1) is 12.9. The van der Waals surface area contributed by atoms with Crippen molar-refractivity contribution in [3.05, 3.63) is 64.1 Å². The summed E-state index contributed by atoms with van der Waals surface area (Å²) < 4.78 is 10.7. The third kappa shape index (κ3) is 3.77. The van der Waals surface area contributed by atoms with E-state index >= 15 is 0 Å². The molecule has 1 atom stereocenters. The number of halogens is 1. The van der Waals surface area contributed by atoms with E-state index in [0.717, 1.165) is 0 Å². The van der Waals surface area contributed by atoms with Crippen LogP contribution in [-0.4, -0.2) is 42.0 Å². The normalized spacial score (nSPS) is 19.1. The van der Waals surface area contributed by atoms with Gasteiger partial charge in [0, 0.05) is 30.8 Å². The lowest BCUT2D eigenvalue weighted by Crippen LogP contribution is -2.31. The Hall–Kier alpha value is -2.57. The minimum absolute atomic E-state index is 0.00842. The highest BCUT2D eigenvalue weighted by molar-refractivity contribution is 6.46. The highest BCUT2D eigenvalue weighted by Gasteiger charge is 2.47. The molecule has 1 aromatic carbocycles. The quantitative estimate of drug-likeness (QED) is 0.352. The Bertz CT molecular complexity index is 884. The maximum atomic E-state index is 12.7. The Kier molecular flexibility index (Phi) is 5.68. The highest BCUT2D eigenvalue weighted by Crippen LogP contribution is 2.40. The van der Waals surface area contributed by atoms with Crippen molar-refractivity contribution in [2.24, 2.45) is 0 Å². The summed E-state index contributed by atoms with van der Waals surface area (Å²) in [6.07, 6.45) is 0.556. The number of amides is 1. The van der Waals surface area contributed by atoms with Crippen LogP contribution in [0.2, 0.25) is 5.02 Å². The second kappa shape index (κ2) is 7.98. The van der Waals surface area contributed by atoms with Crippen molar-refractivity contribution in [2.75, 3.05) is 20.3 Å². The van der Waals surface area contributed by atoms with E-state index in [9.17, 15) is 14.7 Å². The van der Waals surface area contributed by atoms with E-state index in [2.05, 4.69) is 0 Å². The molecule has 1 aliphatic rings. The van der Waals surface area contributed by atoms with Gasteiger partial charge < -0.3 is 19.2 Å². The molecule has 0 saturated carbocycles. The first kappa shape index (κ1) is 19.2. The number of rotatable bonds is 6. The van der Waals surface area contributed by atoms with Gasteiger partial charge in [0.15, 0.2) is 0 Å². The average molecular weight is 390 g/mol. The zero-order valence-electron chi connectivity index (χ0n) is 15.1. The van der Waals surface area contributed by atoms with Crippen LogP contribution < -0.4 is 0 Å². The number of Topliss-reactive ketones (excluding diaryl/α,β-unsaturated/α-hetero) is 1. The van der Waals surface area contributed by atoms with Gasteiger partial charge in [-0.1, -0.05) is 11.6 Å². The number of methoxy groups -OCH3 is 1. The minimum Gasteiger partial charge on any atom is -0.507 e. The number of ether oxygens (including phenoxy) is 1. The van der Waals surface area contributed by atoms with Crippen LogP contribution in [0.4, 0.5) is 0 Å². The Morgan fingerprint density at radius 3 is 2.52 bits per heavy atom. The largest absolute Gasteiger partial charge is 0.507 e. The number of aliphatic hydroxyl groups is 1. The Labute approximate surface area is 162 Å². The predicted octanol–water partition coefficient (Wildman–Crippen LogP) is 3.70. The van der Waals surface area contributed by atoms with Gasteiger partial charge in [0.05, 0.1) is 5.57 Å². The van der Waals surface area contributed by atoms with Crippen LogP contribution in [0.3, 0.4) is 0 Å². The van der Waals surface area contributed by atoms with Crippen LogP contribution in [0.25, 0.3) is 5.76 Å². The van der Waals surface area contributed by atoms with Gasteiger partial charge in [-0.3, -0.25) is 9.59 Å². The Morgan fingerprint density at radius 2 is 1.93 bits per heavy atom. The average Bonchev–Trinajstić information content (AvgIpc) is 3.18. The number of furan rings is 1. The second-order valence-electron chi connectivity index (χ2n) is 6.29. The minimum atomic E-state index is -0.786. The Morgan fingerprint density at radius 1 is 1.22 bits per heavy atom. The molecule has 142 valence electrons. The van der Waals surface area contributed by atoms with E-state index in [1.165, 1.54) is 4.90 Å². The second-order valence-corrected chi connectivity index (χ2v) is 6.73. The van der Waals surface area contributed by atoms with E-state index in [-0.39, 0.29) is 11.3 Å². The first-order valence-corrected chi connectivity index (χ1v) is 8.91. The molecule has 1 aliphatic heterocycles. The fourth-order valence-electron chi connectivity index (χ4n) is 3.15. The van der Waals surface area contributed by atoms with Crippen LogP contribution in [0.5, 0.6) is 0 Å². The number of likely N-dealkylation sites (tertiary alicyclic amines) is 1. The van der Waals surface area contributed by atoms with Gasteiger partial charge in [0.1, 0.15) is 23.3 Å². The summed E-state index contributed by atoms with van der Waals surface area (Å²) in [5.74, 6) is -0.573. The fraction of sp³-hybridized carbons (Fsp3) is 0.300. The molecule has 0 spiro atoms. The van der Waals surface area contributed by atoms with Crippen LogP contribution in [0.15, 0.2) is 46.4 Å². The molecule has 2 aromatic rings. The molecule has 27 heavy (non-hydrogen) atoms. The predicted molar refractivity (Wildman–Crippen MR) is 100 cm³/mol. The van der Waals surface area contributed by atoms with Crippen molar-refractivity contribution < 1.29 is 23.8 Å². The summed E-state index contributed by atoms with van der Waals surface area (Å²) >= 11 is 5.90. The molecule has 2 heterocycles. The summed E-state index contributed by atoms with van der Waals surface area (Å²) in [6, 6.07) is 9.10. The van der Waals surface area contributed by atoms with Crippen molar-refractivity contribution >= 4 is 29.1 Å². The molecular formula is C20H20ClNO5. The summed E-state index contributed by atoms with van der Waals surface area (Å²) in [4.78, 5) is 26.7. The van der Waals surface area contributed by atoms with Gasteiger partial charge in [0.25, 0.3) is 11.7 Å². The molecule has 0 aliphatic carbocycles. The SMILES string of the molecule is COCCCN1C(=O)C(=O)/C(=C(\O)c2ccc(Cl)cc2)C1c1ccc(C)o1. The molecule has 1 aromatic heterocycles. The number of aliphatic hydroxyl groups excluding tert-OH is 1. The van der Waals surface area contributed by atoms with Crippen molar-refractivity contribution in [3.8, 4) is 0 Å². The van der Waals surface area contributed by atoms with E-state index in [1.54, 1.807) is 50.4 Å². The van der Waals surface area contributed by atoms with Gasteiger partial charge in [-0.25, -0.2) is 0 Å². The van der Waals surface area contributed by atoms with Crippen molar-refractivity contribution in [1.29, 1.82) is 0 Å². The number of nitrogens with zero attached hydrogens (tertiary/aromatic N) is 1. The molecule has 1 saturated heterocycles. The van der Waals surface area contributed by atoms with E-state index in [4.69, 9.17) is 20.8 Å². The van der Waals surface area contributed by atoms with Gasteiger partial charge in [0.2, 0.25) is 0 Å². The maximum absolute atomic E-state index is 12.7. The summed E-state index contributed by atoms with van der Waals surface area (Å²) in [5.41, 5.74) is 0.414. The number of carbonyl (C=O) groups is 2.